The first kappa shape index (κ1) is 20.4. The number of aromatic nitrogens is 1. The van der Waals surface area contributed by atoms with E-state index >= 15 is 0 Å². The number of furan rings is 1. The lowest BCUT2D eigenvalue weighted by Crippen LogP contribution is -2.30. The summed E-state index contributed by atoms with van der Waals surface area (Å²) < 4.78 is 6.70. The SMILES string of the molecule is Cc1ccc2nc(N3C(=O)C(O)=C(C(=O)c4cc5ccccc5o4)[C@H]3c3ccccc3)sc2c1. The average molecular weight is 467 g/mol. The number of nitrogens with zero attached hydrogens (tertiary/aromatic N) is 2. The normalized spacial score (nSPS) is 16.2. The minimum Gasteiger partial charge on any atom is -0.503 e. The number of Topliss-reactive ketones (excluding diaryl/α,β-unsaturated/α-hetero) is 1. The minimum absolute atomic E-state index is 0.0225. The molecule has 0 spiro atoms. The van der Waals surface area contributed by atoms with E-state index in [1.54, 1.807) is 12.1 Å². The van der Waals surface area contributed by atoms with E-state index < -0.39 is 23.5 Å². The Hall–Kier alpha value is -4.23. The second kappa shape index (κ2) is 7.67. The molecule has 0 unspecified atom stereocenters. The summed E-state index contributed by atoms with van der Waals surface area (Å²) in [6.07, 6.45) is 0. The highest BCUT2D eigenvalue weighted by atomic mass is 32.1. The zero-order valence-corrected chi connectivity index (χ0v) is 18.9. The molecule has 2 aromatic heterocycles. The highest BCUT2D eigenvalue weighted by Crippen LogP contribution is 2.44. The summed E-state index contributed by atoms with van der Waals surface area (Å²) in [5, 5.41) is 12.1. The fourth-order valence-corrected chi connectivity index (χ4v) is 5.42. The lowest BCUT2D eigenvalue weighted by Gasteiger charge is -2.24. The first-order chi connectivity index (χ1) is 16.5. The lowest BCUT2D eigenvalue weighted by molar-refractivity contribution is -0.117. The van der Waals surface area contributed by atoms with E-state index in [9.17, 15) is 14.7 Å². The number of fused-ring (bicyclic) bond motifs is 2. The zero-order chi connectivity index (χ0) is 23.4. The third-order valence-electron chi connectivity index (χ3n) is 5.96. The van der Waals surface area contributed by atoms with Crippen molar-refractivity contribution in [1.82, 2.24) is 4.98 Å². The fraction of sp³-hybridized carbons (Fsp3) is 0.0741. The Balaban J connectivity index is 1.51. The standard InChI is InChI=1S/C27H18N2O4S/c1-15-11-12-18-21(13-15)34-27(28-18)29-23(16-7-3-2-4-8-16)22(25(31)26(29)32)24(30)20-14-17-9-5-6-10-19(17)33-20/h2-14,23,31H,1H3/t23-/m1/s1. The largest absolute Gasteiger partial charge is 0.503 e. The van der Waals surface area contributed by atoms with E-state index in [0.717, 1.165) is 21.2 Å². The molecule has 1 atom stereocenters. The summed E-state index contributed by atoms with van der Waals surface area (Å²) in [7, 11) is 0. The molecule has 1 amide bonds. The highest BCUT2D eigenvalue weighted by molar-refractivity contribution is 7.22. The van der Waals surface area contributed by atoms with Crippen LogP contribution >= 0.6 is 11.3 Å². The van der Waals surface area contributed by atoms with E-state index in [-0.39, 0.29) is 11.3 Å². The van der Waals surface area contributed by atoms with Gasteiger partial charge in [-0.25, -0.2) is 4.98 Å². The van der Waals surface area contributed by atoms with Crippen LogP contribution in [0.2, 0.25) is 0 Å². The molecule has 7 heteroatoms. The zero-order valence-electron chi connectivity index (χ0n) is 18.1. The van der Waals surface area contributed by atoms with Gasteiger partial charge in [0.1, 0.15) is 5.58 Å². The molecule has 166 valence electrons. The predicted molar refractivity (Wildman–Crippen MR) is 131 cm³/mol. The maximum absolute atomic E-state index is 13.6. The number of aliphatic hydroxyl groups is 1. The number of hydrogen-bond acceptors (Lipinski definition) is 6. The van der Waals surface area contributed by atoms with Gasteiger partial charge in [0, 0.05) is 5.39 Å². The first-order valence-corrected chi connectivity index (χ1v) is 11.5. The minimum atomic E-state index is -0.837. The van der Waals surface area contributed by atoms with Gasteiger partial charge in [0.05, 0.1) is 21.8 Å². The van der Waals surface area contributed by atoms with Crippen molar-refractivity contribution in [3.63, 3.8) is 0 Å². The van der Waals surface area contributed by atoms with Gasteiger partial charge in [-0.2, -0.15) is 0 Å². The monoisotopic (exact) mass is 466 g/mol. The van der Waals surface area contributed by atoms with Crippen LogP contribution in [0.25, 0.3) is 21.2 Å². The number of amides is 1. The summed E-state index contributed by atoms with van der Waals surface area (Å²) in [6.45, 7) is 1.99. The number of ketones is 1. The molecule has 6 rings (SSSR count). The molecule has 0 saturated carbocycles. The van der Waals surface area contributed by atoms with Crippen molar-refractivity contribution < 1.29 is 19.1 Å². The van der Waals surface area contributed by atoms with Crippen LogP contribution in [0.5, 0.6) is 0 Å². The third-order valence-corrected chi connectivity index (χ3v) is 6.97. The van der Waals surface area contributed by atoms with E-state index in [4.69, 9.17) is 4.42 Å². The number of aliphatic hydroxyl groups excluding tert-OH is 1. The second-order valence-corrected chi connectivity index (χ2v) is 9.20. The molecule has 3 aromatic carbocycles. The van der Waals surface area contributed by atoms with Gasteiger partial charge < -0.3 is 9.52 Å². The van der Waals surface area contributed by atoms with Crippen LogP contribution in [0.3, 0.4) is 0 Å². The molecule has 3 heterocycles. The Morgan fingerprint density at radius 2 is 1.79 bits per heavy atom. The van der Waals surface area contributed by atoms with Gasteiger partial charge in [0.25, 0.3) is 5.91 Å². The van der Waals surface area contributed by atoms with Crippen molar-refractivity contribution in [3.8, 4) is 0 Å². The van der Waals surface area contributed by atoms with Gasteiger partial charge in [-0.15, -0.1) is 0 Å². The molecular formula is C27H18N2O4S. The van der Waals surface area contributed by atoms with Crippen LogP contribution in [0, 0.1) is 6.92 Å². The molecule has 0 radical (unpaired) electrons. The maximum Gasteiger partial charge on any atom is 0.296 e. The topological polar surface area (TPSA) is 83.6 Å². The molecule has 1 aliphatic rings. The molecular weight excluding hydrogens is 448 g/mol. The molecule has 0 bridgehead atoms. The van der Waals surface area contributed by atoms with Crippen molar-refractivity contribution >= 4 is 49.3 Å². The number of carbonyl (C=O) groups excluding carboxylic acids is 2. The van der Waals surface area contributed by atoms with Crippen LogP contribution in [0.4, 0.5) is 5.13 Å². The molecule has 5 aromatic rings. The number of hydrogen-bond donors (Lipinski definition) is 1. The van der Waals surface area contributed by atoms with E-state index in [0.29, 0.717) is 16.3 Å². The van der Waals surface area contributed by atoms with Gasteiger partial charge in [-0.05, 0) is 42.3 Å². The average Bonchev–Trinajstić information content (AvgIpc) is 3.53. The number of para-hydroxylation sites is 1. The van der Waals surface area contributed by atoms with Crippen LogP contribution in [0.1, 0.15) is 27.7 Å². The quantitative estimate of drug-likeness (QED) is 0.322. The fourth-order valence-electron chi connectivity index (χ4n) is 4.33. The summed E-state index contributed by atoms with van der Waals surface area (Å²) in [6, 6.07) is 23.1. The van der Waals surface area contributed by atoms with E-state index in [1.165, 1.54) is 16.2 Å². The molecule has 1 N–H and O–H groups in total. The van der Waals surface area contributed by atoms with Gasteiger partial charge in [0.2, 0.25) is 5.78 Å². The molecule has 1 aliphatic heterocycles. The van der Waals surface area contributed by atoms with Gasteiger partial charge in [-0.3, -0.25) is 14.5 Å². The van der Waals surface area contributed by atoms with Crippen LogP contribution in [-0.2, 0) is 4.79 Å². The predicted octanol–water partition coefficient (Wildman–Crippen LogP) is 6.13. The molecule has 0 aliphatic carbocycles. The summed E-state index contributed by atoms with van der Waals surface area (Å²) in [4.78, 5) is 33.0. The van der Waals surface area contributed by atoms with Crippen molar-refractivity contribution in [1.29, 1.82) is 0 Å². The van der Waals surface area contributed by atoms with Crippen molar-refractivity contribution in [2.24, 2.45) is 0 Å². The Bertz CT molecular complexity index is 1600. The number of thiazole rings is 1. The lowest BCUT2D eigenvalue weighted by atomic mass is 9.95. The Kier molecular flexibility index (Phi) is 4.60. The van der Waals surface area contributed by atoms with E-state index in [2.05, 4.69) is 4.98 Å². The summed E-state index contributed by atoms with van der Waals surface area (Å²) in [5.41, 5.74) is 3.06. The maximum atomic E-state index is 13.6. The van der Waals surface area contributed by atoms with Crippen LogP contribution < -0.4 is 4.90 Å². The van der Waals surface area contributed by atoms with Gasteiger partial charge in [-0.1, -0.05) is 65.9 Å². The summed E-state index contributed by atoms with van der Waals surface area (Å²) in [5.74, 6) is -1.72. The number of rotatable bonds is 4. The number of carbonyl (C=O) groups is 2. The molecule has 6 nitrogen and oxygen atoms in total. The molecule has 34 heavy (non-hydrogen) atoms. The highest BCUT2D eigenvalue weighted by Gasteiger charge is 2.46. The van der Waals surface area contributed by atoms with E-state index in [1.807, 2.05) is 73.7 Å². The Labute approximate surface area is 198 Å². The summed E-state index contributed by atoms with van der Waals surface area (Å²) >= 11 is 1.35. The van der Waals surface area contributed by atoms with Crippen molar-refractivity contribution in [3.05, 3.63) is 107 Å². The molecule has 0 fully saturated rings. The smallest absolute Gasteiger partial charge is 0.296 e. The van der Waals surface area contributed by atoms with Gasteiger partial charge >= 0.3 is 0 Å². The molecule has 0 saturated heterocycles. The Morgan fingerprint density at radius 3 is 2.59 bits per heavy atom. The third kappa shape index (κ3) is 3.13. The van der Waals surface area contributed by atoms with Gasteiger partial charge in [0.15, 0.2) is 16.7 Å². The number of aryl methyl sites for hydroxylation is 1. The number of benzene rings is 3. The Morgan fingerprint density at radius 1 is 1.03 bits per heavy atom. The van der Waals surface area contributed by atoms with Crippen molar-refractivity contribution in [2.75, 3.05) is 4.90 Å². The first-order valence-electron chi connectivity index (χ1n) is 10.7. The van der Waals surface area contributed by atoms with Crippen LogP contribution in [0.15, 0.2) is 94.6 Å². The van der Waals surface area contributed by atoms with Crippen molar-refractivity contribution in [2.45, 2.75) is 13.0 Å². The second-order valence-electron chi connectivity index (χ2n) is 8.20. The van der Waals surface area contributed by atoms with Crippen LogP contribution in [-0.4, -0.2) is 21.8 Å². The number of anilines is 1.